The van der Waals surface area contributed by atoms with Crippen molar-refractivity contribution in [2.75, 3.05) is 0 Å². The van der Waals surface area contributed by atoms with Crippen molar-refractivity contribution in [3.63, 3.8) is 0 Å². The van der Waals surface area contributed by atoms with Crippen LogP contribution in [-0.4, -0.2) is 7.25 Å². The molecule has 8 heavy (non-hydrogen) atoms. The number of nitroso groups, excluding NO2 is 2. The van der Waals surface area contributed by atoms with Crippen LogP contribution in [-0.2, 0) is 0 Å². The molecule has 0 aliphatic rings. The van der Waals surface area contributed by atoms with E-state index in [0.29, 0.717) is 0 Å². The van der Waals surface area contributed by atoms with Gasteiger partial charge in [-0.25, -0.2) is 0 Å². The standard InChI is InChI=1S/BF4.NO2/c2-1(3,4)5;2-1-3/q-1;+1. The van der Waals surface area contributed by atoms with Crippen molar-refractivity contribution in [1.29, 1.82) is 0 Å². The van der Waals surface area contributed by atoms with Gasteiger partial charge in [-0.1, -0.05) is 0 Å². The van der Waals surface area contributed by atoms with Crippen molar-refractivity contribution < 1.29 is 17.3 Å². The van der Waals surface area contributed by atoms with Crippen LogP contribution in [0.4, 0.5) is 17.3 Å². The van der Waals surface area contributed by atoms with E-state index >= 15 is 0 Å². The fourth-order valence-electron chi connectivity index (χ4n) is 0. The van der Waals surface area contributed by atoms with Crippen LogP contribution < -0.4 is 5.04 Å². The summed E-state index contributed by atoms with van der Waals surface area (Å²) in [5.41, 5.74) is 0. The van der Waals surface area contributed by atoms with Gasteiger partial charge in [-0.3, -0.25) is 0 Å². The molecule has 0 fully saturated rings. The van der Waals surface area contributed by atoms with Gasteiger partial charge in [0.2, 0.25) is 9.81 Å². The first-order chi connectivity index (χ1) is 3.41. The molecular formula is BF4NO2. The van der Waals surface area contributed by atoms with Crippen LogP contribution in [0, 0.1) is 9.81 Å². The predicted molar refractivity (Wildman–Crippen MR) is 19.1 cm³/mol. The highest BCUT2D eigenvalue weighted by Crippen LogP contribution is 2.06. The minimum absolute atomic E-state index is 1.00. The molecule has 0 aromatic rings. The van der Waals surface area contributed by atoms with Crippen molar-refractivity contribution in [2.24, 2.45) is 0 Å². The molecule has 0 saturated heterocycles. The molecule has 0 radical (unpaired) electrons. The lowest BCUT2D eigenvalue weighted by Gasteiger charge is -1.94. The summed E-state index contributed by atoms with van der Waals surface area (Å²) in [6.07, 6.45) is 0. The highest BCUT2D eigenvalue weighted by atomic mass is 19.5. The molecule has 0 bridgehead atoms. The molecule has 0 atom stereocenters. The molecule has 0 aliphatic carbocycles. The lowest BCUT2D eigenvalue weighted by atomic mass is 10.3. The van der Waals surface area contributed by atoms with Gasteiger partial charge in [-0.15, -0.1) is 0 Å². The van der Waals surface area contributed by atoms with Crippen LogP contribution in [0.25, 0.3) is 0 Å². The molecule has 0 heterocycles. The summed E-state index contributed by atoms with van der Waals surface area (Å²) >= 11 is 0. The average Bonchev–Trinajstić information content (AvgIpc) is 1.27. The number of hydrogen-bond acceptors (Lipinski definition) is 2. The van der Waals surface area contributed by atoms with Crippen LogP contribution in [0.15, 0.2) is 0 Å². The second kappa shape index (κ2) is 4.26. The van der Waals surface area contributed by atoms with Gasteiger partial charge in [-0.2, -0.15) is 0 Å². The van der Waals surface area contributed by atoms with Crippen molar-refractivity contribution in [1.82, 2.24) is 5.04 Å². The van der Waals surface area contributed by atoms with Crippen molar-refractivity contribution >= 4 is 7.25 Å². The molecule has 0 unspecified atom stereocenters. The molecule has 48 valence electrons. The number of hydrogen-bond donors (Lipinski definition) is 0. The summed E-state index contributed by atoms with van der Waals surface area (Å²) in [6, 6.07) is 0. The lowest BCUT2D eigenvalue weighted by molar-refractivity contribution is 0.368. The largest absolute Gasteiger partial charge is 0.673 e. The van der Waals surface area contributed by atoms with Crippen LogP contribution in [0.1, 0.15) is 0 Å². The van der Waals surface area contributed by atoms with Crippen molar-refractivity contribution in [2.45, 2.75) is 0 Å². The molecule has 0 spiro atoms. The Bertz CT molecular complexity index is 74.5. The lowest BCUT2D eigenvalue weighted by Crippen LogP contribution is -2.02. The molecule has 0 N–H and O–H groups in total. The third-order valence-corrected chi connectivity index (χ3v) is 0. The number of nitrogens with zero attached hydrogens (tertiary/aromatic N) is 1. The summed E-state index contributed by atoms with van der Waals surface area (Å²) in [7, 11) is -6.00. The van der Waals surface area contributed by atoms with Crippen LogP contribution in [0.5, 0.6) is 0 Å². The van der Waals surface area contributed by atoms with E-state index in [1.165, 1.54) is 0 Å². The molecule has 0 rings (SSSR count). The summed E-state index contributed by atoms with van der Waals surface area (Å²) in [4.78, 5) is 16.0. The van der Waals surface area contributed by atoms with Crippen LogP contribution in [0.2, 0.25) is 0 Å². The zero-order chi connectivity index (χ0) is 7.21. The Kier molecular flexibility index (Phi) is 5.41. The van der Waals surface area contributed by atoms with Gasteiger partial charge in [0, 0.05) is 0 Å². The second-order valence-electron chi connectivity index (χ2n) is 0.569. The fraction of sp³-hybridized carbons (Fsp3) is 0. The van der Waals surface area contributed by atoms with Gasteiger partial charge in [-0.05, 0) is 0 Å². The quantitative estimate of drug-likeness (QED) is 0.279. The van der Waals surface area contributed by atoms with Gasteiger partial charge < -0.3 is 17.3 Å². The van der Waals surface area contributed by atoms with Crippen LogP contribution in [0.3, 0.4) is 0 Å². The van der Waals surface area contributed by atoms with Crippen LogP contribution >= 0.6 is 0 Å². The predicted octanol–water partition coefficient (Wildman–Crippen LogP) is 0.886. The maximum absolute atomic E-state index is 9.75. The minimum atomic E-state index is -6.00. The van der Waals surface area contributed by atoms with Gasteiger partial charge in [0.1, 0.15) is 0 Å². The average molecular weight is 133 g/mol. The topological polar surface area (TPSA) is 48.2 Å². The van der Waals surface area contributed by atoms with Gasteiger partial charge in [0.25, 0.3) is 0 Å². The van der Waals surface area contributed by atoms with E-state index in [9.17, 15) is 17.3 Å². The number of rotatable bonds is 0. The first-order valence-corrected chi connectivity index (χ1v) is 1.24. The Morgan fingerprint density at radius 1 is 1.00 bits per heavy atom. The molecule has 0 aromatic carbocycles. The van der Waals surface area contributed by atoms with Crippen molar-refractivity contribution in [3.05, 3.63) is 9.81 Å². The zero-order valence-corrected chi connectivity index (χ0v) is 3.35. The number of halogens is 4. The molecule has 8 heteroatoms. The van der Waals surface area contributed by atoms with E-state index in [4.69, 9.17) is 9.81 Å². The van der Waals surface area contributed by atoms with E-state index < -0.39 is 7.25 Å². The highest BCUT2D eigenvalue weighted by Gasteiger charge is 2.20. The third-order valence-electron chi connectivity index (χ3n) is 0. The van der Waals surface area contributed by atoms with Crippen molar-refractivity contribution in [3.8, 4) is 0 Å². The Morgan fingerprint density at radius 2 is 1.00 bits per heavy atom. The normalized spacial score (nSPS) is 8.50. The Morgan fingerprint density at radius 3 is 1.00 bits per heavy atom. The molecular weight excluding hydrogens is 133 g/mol. The Hall–Kier alpha value is -0.905. The SMILES string of the molecule is F[B-](F)(F)F.O=[N+]=O. The Labute approximate surface area is 40.7 Å². The second-order valence-corrected chi connectivity index (χ2v) is 0.569. The summed E-state index contributed by atoms with van der Waals surface area (Å²) < 4.78 is 39.0. The molecule has 0 amide bonds. The Balaban J connectivity index is 0. The molecule has 3 nitrogen and oxygen atoms in total. The smallest absolute Gasteiger partial charge is 0.418 e. The van der Waals surface area contributed by atoms with E-state index in [1.54, 1.807) is 0 Å². The fourth-order valence-corrected chi connectivity index (χ4v) is 0. The zero-order valence-electron chi connectivity index (χ0n) is 3.35. The maximum Gasteiger partial charge on any atom is 0.673 e. The van der Waals surface area contributed by atoms with E-state index in [-0.39, 0.29) is 0 Å². The summed E-state index contributed by atoms with van der Waals surface area (Å²) in [5, 5.41) is 1.00. The highest BCUT2D eigenvalue weighted by molar-refractivity contribution is 6.50. The maximum atomic E-state index is 9.75. The van der Waals surface area contributed by atoms with E-state index in [1.807, 2.05) is 0 Å². The first kappa shape index (κ1) is 10.2. The molecule has 0 saturated carbocycles. The van der Waals surface area contributed by atoms with E-state index in [2.05, 4.69) is 0 Å². The van der Waals surface area contributed by atoms with E-state index in [0.717, 1.165) is 5.04 Å². The monoisotopic (exact) mass is 133 g/mol. The first-order valence-electron chi connectivity index (χ1n) is 1.24. The van der Waals surface area contributed by atoms with Gasteiger partial charge in [0.15, 0.2) is 0 Å². The van der Waals surface area contributed by atoms with Gasteiger partial charge in [0.05, 0.1) is 0 Å². The van der Waals surface area contributed by atoms with Gasteiger partial charge >= 0.3 is 12.3 Å². The summed E-state index contributed by atoms with van der Waals surface area (Å²) in [6.45, 7) is 0. The molecule has 0 aliphatic heterocycles. The third kappa shape index (κ3) is 104. The molecule has 0 aromatic heterocycles. The minimum Gasteiger partial charge on any atom is -0.418 e. The summed E-state index contributed by atoms with van der Waals surface area (Å²) in [5.74, 6) is 0.